The van der Waals surface area contributed by atoms with Crippen molar-refractivity contribution in [1.29, 1.82) is 0 Å². The Morgan fingerprint density at radius 3 is 2.64 bits per heavy atom. The highest BCUT2D eigenvalue weighted by molar-refractivity contribution is 9.10. The van der Waals surface area contributed by atoms with Crippen LogP contribution < -0.4 is 9.47 Å². The molecule has 0 aliphatic rings. The highest BCUT2D eigenvalue weighted by atomic mass is 79.9. The first-order valence-electron chi connectivity index (χ1n) is 2.88. The van der Waals surface area contributed by atoms with E-state index in [0.29, 0.717) is 16.1 Å². The Morgan fingerprint density at radius 1 is 1.36 bits per heavy atom. The van der Waals surface area contributed by atoms with E-state index in [1.54, 1.807) is 7.11 Å². The standard InChI is InChI=1S/C6H7BrN2O2/c1-10-4-3-8-9-6(11-2)5(4)7/h3H,1-2H3. The molecule has 0 aliphatic carbocycles. The quantitative estimate of drug-likeness (QED) is 0.750. The van der Waals surface area contributed by atoms with Crippen LogP contribution in [0.2, 0.25) is 0 Å². The molecule has 1 aromatic heterocycles. The lowest BCUT2D eigenvalue weighted by molar-refractivity contribution is 0.370. The van der Waals surface area contributed by atoms with E-state index in [2.05, 4.69) is 26.1 Å². The van der Waals surface area contributed by atoms with Crippen LogP contribution in [0.3, 0.4) is 0 Å². The zero-order valence-corrected chi connectivity index (χ0v) is 7.75. The summed E-state index contributed by atoms with van der Waals surface area (Å²) in [5, 5.41) is 7.36. The number of hydrogen-bond acceptors (Lipinski definition) is 4. The molecule has 1 heterocycles. The van der Waals surface area contributed by atoms with Gasteiger partial charge in [-0.1, -0.05) is 0 Å². The van der Waals surface area contributed by atoms with Gasteiger partial charge in [0.25, 0.3) is 5.88 Å². The fourth-order valence-electron chi connectivity index (χ4n) is 0.612. The molecule has 0 amide bonds. The molecule has 0 fully saturated rings. The minimum Gasteiger partial charge on any atom is -0.494 e. The Kier molecular flexibility index (Phi) is 2.64. The van der Waals surface area contributed by atoms with Gasteiger partial charge in [0.15, 0.2) is 5.75 Å². The molecule has 5 heteroatoms. The molecule has 4 nitrogen and oxygen atoms in total. The predicted molar refractivity (Wildman–Crippen MR) is 42.8 cm³/mol. The second-order valence-electron chi connectivity index (χ2n) is 1.74. The van der Waals surface area contributed by atoms with Crippen molar-refractivity contribution < 1.29 is 9.47 Å². The maximum Gasteiger partial charge on any atom is 0.251 e. The first-order chi connectivity index (χ1) is 5.29. The highest BCUT2D eigenvalue weighted by Gasteiger charge is 2.07. The molecule has 11 heavy (non-hydrogen) atoms. The molecule has 0 saturated heterocycles. The lowest BCUT2D eigenvalue weighted by Gasteiger charge is -2.03. The average Bonchev–Trinajstić information content (AvgIpc) is 2.05. The molecule has 0 bridgehead atoms. The second-order valence-corrected chi connectivity index (χ2v) is 2.53. The third-order valence-electron chi connectivity index (χ3n) is 1.14. The number of halogens is 1. The number of rotatable bonds is 2. The van der Waals surface area contributed by atoms with Crippen molar-refractivity contribution in [3.05, 3.63) is 10.7 Å². The van der Waals surface area contributed by atoms with Gasteiger partial charge in [0.2, 0.25) is 0 Å². The summed E-state index contributed by atoms with van der Waals surface area (Å²) >= 11 is 3.25. The molecule has 1 aromatic rings. The van der Waals surface area contributed by atoms with Crippen LogP contribution in [0.1, 0.15) is 0 Å². The van der Waals surface area contributed by atoms with Crippen LogP contribution in [0.4, 0.5) is 0 Å². The Bertz CT molecular complexity index is 232. The first-order valence-corrected chi connectivity index (χ1v) is 3.68. The van der Waals surface area contributed by atoms with E-state index < -0.39 is 0 Å². The van der Waals surface area contributed by atoms with Crippen LogP contribution in [0.5, 0.6) is 11.6 Å². The maximum absolute atomic E-state index is 4.96. The topological polar surface area (TPSA) is 44.2 Å². The molecule has 0 N–H and O–H groups in total. The molecule has 1 rings (SSSR count). The number of ether oxygens (including phenoxy) is 2. The van der Waals surface area contributed by atoms with E-state index in [1.165, 1.54) is 13.3 Å². The summed E-state index contributed by atoms with van der Waals surface area (Å²) in [5.74, 6) is 1.03. The molecule has 60 valence electrons. The molecule has 0 aliphatic heterocycles. The summed E-state index contributed by atoms with van der Waals surface area (Å²) in [6.07, 6.45) is 1.51. The highest BCUT2D eigenvalue weighted by Crippen LogP contribution is 2.30. The zero-order valence-electron chi connectivity index (χ0n) is 6.17. The van der Waals surface area contributed by atoms with Gasteiger partial charge in [-0.25, -0.2) is 0 Å². The van der Waals surface area contributed by atoms with Gasteiger partial charge in [0, 0.05) is 0 Å². The Balaban J connectivity index is 3.10. The molecule has 0 saturated carbocycles. The van der Waals surface area contributed by atoms with Gasteiger partial charge in [-0.3, -0.25) is 0 Å². The number of hydrogen-bond donors (Lipinski definition) is 0. The van der Waals surface area contributed by atoms with Crippen molar-refractivity contribution in [2.24, 2.45) is 0 Å². The van der Waals surface area contributed by atoms with Crippen LogP contribution in [0.25, 0.3) is 0 Å². The zero-order chi connectivity index (χ0) is 8.27. The van der Waals surface area contributed by atoms with Crippen LogP contribution >= 0.6 is 15.9 Å². The lowest BCUT2D eigenvalue weighted by atomic mass is 10.5. The third kappa shape index (κ3) is 1.59. The first kappa shape index (κ1) is 8.26. The van der Waals surface area contributed by atoms with Gasteiger partial charge in [-0.05, 0) is 15.9 Å². The summed E-state index contributed by atoms with van der Waals surface area (Å²) < 4.78 is 10.5. The molecular weight excluding hydrogens is 212 g/mol. The average molecular weight is 219 g/mol. The smallest absolute Gasteiger partial charge is 0.251 e. The molecule has 0 unspecified atom stereocenters. The Labute approximate surface area is 72.7 Å². The van der Waals surface area contributed by atoms with E-state index in [4.69, 9.17) is 9.47 Å². The van der Waals surface area contributed by atoms with E-state index in [-0.39, 0.29) is 0 Å². The number of nitrogens with zero attached hydrogens (tertiary/aromatic N) is 2. The van der Waals surface area contributed by atoms with Gasteiger partial charge in [0.1, 0.15) is 4.47 Å². The van der Waals surface area contributed by atoms with Gasteiger partial charge < -0.3 is 9.47 Å². The minimum absolute atomic E-state index is 0.421. The minimum atomic E-state index is 0.421. The molecule has 0 radical (unpaired) electrons. The van der Waals surface area contributed by atoms with Crippen molar-refractivity contribution in [2.75, 3.05) is 14.2 Å². The summed E-state index contributed by atoms with van der Waals surface area (Å²) in [6, 6.07) is 0. The molecule has 0 spiro atoms. The summed E-state index contributed by atoms with van der Waals surface area (Å²) in [4.78, 5) is 0. The van der Waals surface area contributed by atoms with Crippen molar-refractivity contribution in [3.8, 4) is 11.6 Å². The largest absolute Gasteiger partial charge is 0.494 e. The van der Waals surface area contributed by atoms with Gasteiger partial charge in [-0.2, -0.15) is 5.10 Å². The Hall–Kier alpha value is -0.840. The fourth-order valence-corrected chi connectivity index (χ4v) is 1.12. The fraction of sp³-hybridized carbons (Fsp3) is 0.333. The van der Waals surface area contributed by atoms with Crippen molar-refractivity contribution in [2.45, 2.75) is 0 Å². The van der Waals surface area contributed by atoms with Crippen LogP contribution in [0.15, 0.2) is 10.7 Å². The molecule has 0 atom stereocenters. The lowest BCUT2D eigenvalue weighted by Crippen LogP contribution is -1.94. The number of aromatic nitrogens is 2. The van der Waals surface area contributed by atoms with E-state index >= 15 is 0 Å². The van der Waals surface area contributed by atoms with Crippen LogP contribution in [0, 0.1) is 0 Å². The number of methoxy groups -OCH3 is 2. The van der Waals surface area contributed by atoms with Gasteiger partial charge in [-0.15, -0.1) is 5.10 Å². The van der Waals surface area contributed by atoms with Gasteiger partial charge in [0.05, 0.1) is 20.4 Å². The monoisotopic (exact) mass is 218 g/mol. The van der Waals surface area contributed by atoms with Crippen LogP contribution in [-0.4, -0.2) is 24.4 Å². The molecular formula is C6H7BrN2O2. The second kappa shape index (κ2) is 3.52. The van der Waals surface area contributed by atoms with Crippen molar-refractivity contribution in [3.63, 3.8) is 0 Å². The van der Waals surface area contributed by atoms with E-state index in [9.17, 15) is 0 Å². The van der Waals surface area contributed by atoms with E-state index in [1.807, 2.05) is 0 Å². The predicted octanol–water partition coefficient (Wildman–Crippen LogP) is 1.26. The third-order valence-corrected chi connectivity index (χ3v) is 1.87. The Morgan fingerprint density at radius 2 is 2.09 bits per heavy atom. The normalized spacial score (nSPS) is 9.36. The van der Waals surface area contributed by atoms with Crippen molar-refractivity contribution >= 4 is 15.9 Å². The van der Waals surface area contributed by atoms with E-state index in [0.717, 1.165) is 0 Å². The SMILES string of the molecule is COc1cnnc(OC)c1Br. The van der Waals surface area contributed by atoms with Gasteiger partial charge >= 0.3 is 0 Å². The summed E-state index contributed by atoms with van der Waals surface area (Å²) in [6.45, 7) is 0. The summed E-state index contributed by atoms with van der Waals surface area (Å²) in [5.41, 5.74) is 0. The van der Waals surface area contributed by atoms with Crippen LogP contribution in [-0.2, 0) is 0 Å². The van der Waals surface area contributed by atoms with Crippen molar-refractivity contribution in [1.82, 2.24) is 10.2 Å². The summed E-state index contributed by atoms with van der Waals surface area (Å²) in [7, 11) is 3.08. The molecule has 0 aromatic carbocycles. The maximum atomic E-state index is 4.96.